The second-order valence-electron chi connectivity index (χ2n) is 4.52. The Morgan fingerprint density at radius 1 is 1.52 bits per heavy atom. The standard InChI is InChI=1S/C14H18N4O3/c1-4-20-14(19)10-5-6-16-12(11(10)15)18-9(3)13-17-7-8(2)21-13/h5-7,9H,4,15H2,1-3H3,(H,16,18). The predicted octanol–water partition coefficient (Wildman–Crippen LogP) is 2.31. The number of rotatable bonds is 5. The summed E-state index contributed by atoms with van der Waals surface area (Å²) >= 11 is 0. The fourth-order valence-corrected chi connectivity index (χ4v) is 1.81. The molecule has 0 fully saturated rings. The van der Waals surface area contributed by atoms with Crippen LogP contribution in [-0.2, 0) is 4.74 Å². The molecule has 1 atom stereocenters. The van der Waals surface area contributed by atoms with Crippen molar-refractivity contribution in [2.45, 2.75) is 26.8 Å². The second kappa shape index (κ2) is 6.25. The van der Waals surface area contributed by atoms with E-state index in [-0.39, 0.29) is 23.9 Å². The third-order valence-corrected chi connectivity index (χ3v) is 2.85. The third-order valence-electron chi connectivity index (χ3n) is 2.85. The van der Waals surface area contributed by atoms with Gasteiger partial charge in [0.05, 0.1) is 24.1 Å². The first-order valence-electron chi connectivity index (χ1n) is 6.63. The molecule has 2 aromatic heterocycles. The lowest BCUT2D eigenvalue weighted by Crippen LogP contribution is -2.14. The lowest BCUT2D eigenvalue weighted by molar-refractivity contribution is 0.0527. The molecule has 0 aromatic carbocycles. The summed E-state index contributed by atoms with van der Waals surface area (Å²) in [4.78, 5) is 20.1. The van der Waals surface area contributed by atoms with Gasteiger partial charge in [0.1, 0.15) is 11.8 Å². The number of aryl methyl sites for hydroxylation is 1. The molecule has 7 nitrogen and oxygen atoms in total. The van der Waals surface area contributed by atoms with E-state index < -0.39 is 5.97 Å². The van der Waals surface area contributed by atoms with Crippen molar-refractivity contribution in [1.82, 2.24) is 9.97 Å². The molecule has 0 aliphatic heterocycles. The van der Waals surface area contributed by atoms with Gasteiger partial charge in [-0.2, -0.15) is 0 Å². The zero-order valence-corrected chi connectivity index (χ0v) is 12.2. The van der Waals surface area contributed by atoms with Gasteiger partial charge in [0.25, 0.3) is 0 Å². The van der Waals surface area contributed by atoms with Crippen LogP contribution in [0.25, 0.3) is 0 Å². The zero-order chi connectivity index (χ0) is 15.4. The van der Waals surface area contributed by atoms with Gasteiger partial charge in [-0.05, 0) is 26.8 Å². The molecule has 2 heterocycles. The highest BCUT2D eigenvalue weighted by Crippen LogP contribution is 2.25. The Kier molecular flexibility index (Phi) is 4.42. The van der Waals surface area contributed by atoms with E-state index in [0.717, 1.165) is 5.76 Å². The van der Waals surface area contributed by atoms with Crippen LogP contribution in [0.5, 0.6) is 0 Å². The van der Waals surface area contributed by atoms with Crippen molar-refractivity contribution in [3.63, 3.8) is 0 Å². The van der Waals surface area contributed by atoms with E-state index >= 15 is 0 Å². The molecule has 0 saturated heterocycles. The van der Waals surface area contributed by atoms with Crippen molar-refractivity contribution < 1.29 is 13.9 Å². The third kappa shape index (κ3) is 3.31. The monoisotopic (exact) mass is 290 g/mol. The van der Waals surface area contributed by atoms with Gasteiger partial charge >= 0.3 is 5.97 Å². The number of esters is 1. The van der Waals surface area contributed by atoms with Gasteiger partial charge in [-0.1, -0.05) is 0 Å². The van der Waals surface area contributed by atoms with Crippen LogP contribution < -0.4 is 11.1 Å². The number of nitrogens with two attached hydrogens (primary N) is 1. The highest BCUT2D eigenvalue weighted by atomic mass is 16.5. The Labute approximate surface area is 122 Å². The number of carbonyl (C=O) groups is 1. The van der Waals surface area contributed by atoms with Crippen LogP contribution in [0.2, 0.25) is 0 Å². The smallest absolute Gasteiger partial charge is 0.340 e. The summed E-state index contributed by atoms with van der Waals surface area (Å²) in [5.74, 6) is 1.17. The summed E-state index contributed by atoms with van der Waals surface area (Å²) in [6, 6.07) is 1.30. The van der Waals surface area contributed by atoms with Crippen LogP contribution >= 0.6 is 0 Å². The van der Waals surface area contributed by atoms with Crippen LogP contribution in [0.4, 0.5) is 11.5 Å². The van der Waals surface area contributed by atoms with Crippen LogP contribution in [0.15, 0.2) is 22.9 Å². The summed E-state index contributed by atoms with van der Waals surface area (Å²) in [6.07, 6.45) is 3.14. The lowest BCUT2D eigenvalue weighted by Gasteiger charge is -2.14. The number of nitrogen functional groups attached to an aromatic ring is 1. The van der Waals surface area contributed by atoms with Crippen molar-refractivity contribution in [1.29, 1.82) is 0 Å². The molecule has 2 rings (SSSR count). The molecule has 3 N–H and O–H groups in total. The number of anilines is 2. The molecule has 2 aromatic rings. The quantitative estimate of drug-likeness (QED) is 0.814. The van der Waals surface area contributed by atoms with E-state index in [2.05, 4.69) is 15.3 Å². The van der Waals surface area contributed by atoms with Gasteiger partial charge in [-0.3, -0.25) is 0 Å². The number of nitrogens with zero attached hydrogens (tertiary/aromatic N) is 2. The molecular weight excluding hydrogens is 272 g/mol. The first kappa shape index (κ1) is 14.8. The minimum absolute atomic E-state index is 0.231. The number of ether oxygens (including phenoxy) is 1. The molecule has 0 radical (unpaired) electrons. The maximum absolute atomic E-state index is 11.8. The number of hydrogen-bond acceptors (Lipinski definition) is 7. The average Bonchev–Trinajstić information content (AvgIpc) is 2.88. The van der Waals surface area contributed by atoms with Crippen molar-refractivity contribution in [2.24, 2.45) is 0 Å². The van der Waals surface area contributed by atoms with Crippen molar-refractivity contribution in [2.75, 3.05) is 17.7 Å². The maximum Gasteiger partial charge on any atom is 0.340 e. The van der Waals surface area contributed by atoms with E-state index in [1.807, 2.05) is 13.8 Å². The number of carbonyl (C=O) groups excluding carboxylic acids is 1. The fourth-order valence-electron chi connectivity index (χ4n) is 1.81. The normalized spacial score (nSPS) is 12.0. The van der Waals surface area contributed by atoms with Crippen LogP contribution in [-0.4, -0.2) is 22.5 Å². The molecular formula is C14H18N4O3. The highest BCUT2D eigenvalue weighted by Gasteiger charge is 2.18. The fraction of sp³-hybridized carbons (Fsp3) is 0.357. The predicted molar refractivity (Wildman–Crippen MR) is 77.9 cm³/mol. The average molecular weight is 290 g/mol. The van der Waals surface area contributed by atoms with Gasteiger partial charge < -0.3 is 20.2 Å². The molecule has 1 unspecified atom stereocenters. The van der Waals surface area contributed by atoms with Gasteiger partial charge in [-0.25, -0.2) is 14.8 Å². The van der Waals surface area contributed by atoms with Gasteiger partial charge in [0, 0.05) is 6.20 Å². The topological polar surface area (TPSA) is 103 Å². The highest BCUT2D eigenvalue weighted by molar-refractivity contribution is 5.97. The summed E-state index contributed by atoms with van der Waals surface area (Å²) in [5.41, 5.74) is 6.49. The Morgan fingerprint density at radius 3 is 2.90 bits per heavy atom. The van der Waals surface area contributed by atoms with Crippen LogP contribution in [0.3, 0.4) is 0 Å². The largest absolute Gasteiger partial charge is 0.462 e. The van der Waals surface area contributed by atoms with Gasteiger partial charge in [0.15, 0.2) is 5.82 Å². The Balaban J connectivity index is 2.20. The van der Waals surface area contributed by atoms with E-state index in [1.165, 1.54) is 12.3 Å². The first-order chi connectivity index (χ1) is 10.0. The van der Waals surface area contributed by atoms with Crippen molar-refractivity contribution >= 4 is 17.5 Å². The summed E-state index contributed by atoms with van der Waals surface area (Å²) < 4.78 is 10.4. The number of oxazole rings is 1. The number of hydrogen-bond donors (Lipinski definition) is 2. The van der Waals surface area contributed by atoms with Gasteiger partial charge in [0.2, 0.25) is 5.89 Å². The SMILES string of the molecule is CCOC(=O)c1ccnc(NC(C)c2ncc(C)o2)c1N. The summed E-state index contributed by atoms with van der Waals surface area (Å²) in [6.45, 7) is 5.71. The van der Waals surface area contributed by atoms with Gasteiger partial charge in [-0.15, -0.1) is 0 Å². The molecule has 0 saturated carbocycles. The maximum atomic E-state index is 11.8. The molecule has 0 aliphatic carbocycles. The molecule has 0 amide bonds. The van der Waals surface area contributed by atoms with E-state index in [1.54, 1.807) is 13.1 Å². The zero-order valence-electron chi connectivity index (χ0n) is 12.2. The Hall–Kier alpha value is -2.57. The van der Waals surface area contributed by atoms with Crippen molar-refractivity contribution in [3.05, 3.63) is 35.7 Å². The number of nitrogens with one attached hydrogen (secondary N) is 1. The molecule has 0 bridgehead atoms. The number of pyridine rings is 1. The first-order valence-corrected chi connectivity index (χ1v) is 6.63. The lowest BCUT2D eigenvalue weighted by atomic mass is 10.2. The molecule has 7 heteroatoms. The second-order valence-corrected chi connectivity index (χ2v) is 4.52. The van der Waals surface area contributed by atoms with E-state index in [9.17, 15) is 4.79 Å². The molecule has 0 spiro atoms. The molecule has 0 aliphatic rings. The summed E-state index contributed by atoms with van der Waals surface area (Å²) in [5, 5.41) is 3.08. The summed E-state index contributed by atoms with van der Waals surface area (Å²) in [7, 11) is 0. The van der Waals surface area contributed by atoms with E-state index in [0.29, 0.717) is 11.7 Å². The Bertz CT molecular complexity index is 639. The minimum atomic E-state index is -0.472. The van der Waals surface area contributed by atoms with Crippen LogP contribution in [0, 0.1) is 6.92 Å². The number of aromatic nitrogens is 2. The minimum Gasteiger partial charge on any atom is -0.462 e. The Morgan fingerprint density at radius 2 is 2.29 bits per heavy atom. The molecule has 112 valence electrons. The van der Waals surface area contributed by atoms with Crippen molar-refractivity contribution in [3.8, 4) is 0 Å². The molecule has 21 heavy (non-hydrogen) atoms. The van der Waals surface area contributed by atoms with Crippen LogP contribution in [0.1, 0.15) is 41.9 Å². The van der Waals surface area contributed by atoms with E-state index in [4.69, 9.17) is 14.9 Å².